The average Bonchev–Trinajstić information content (AvgIpc) is 2.84. The predicted molar refractivity (Wildman–Crippen MR) is 90.9 cm³/mol. The van der Waals surface area contributed by atoms with E-state index in [4.69, 9.17) is 4.74 Å². The van der Waals surface area contributed by atoms with E-state index in [1.807, 2.05) is 37.3 Å². The van der Waals surface area contributed by atoms with E-state index in [1.54, 1.807) is 11.9 Å². The molecule has 2 amide bonds. The highest BCUT2D eigenvalue weighted by Crippen LogP contribution is 2.30. The molecule has 0 aliphatic carbocycles. The standard InChI is InChI=1S/C18H24N2O4/c1-3-24-13-7-10-20-17(22)15(14-8-5-4-6-9-14)16(18(20)23)19(2)11-12-21/h4-6,8-9,21H,3,7,10-13H2,1-2H3. The SMILES string of the molecule is CCOCCCN1C(=O)C(c2ccccc2)=C(N(C)CCO)C1=O. The lowest BCUT2D eigenvalue weighted by Crippen LogP contribution is -2.36. The molecule has 0 spiro atoms. The van der Waals surface area contributed by atoms with Crippen LogP contribution in [0.15, 0.2) is 36.0 Å². The number of hydrogen-bond acceptors (Lipinski definition) is 5. The highest BCUT2D eigenvalue weighted by Gasteiger charge is 2.40. The second-order valence-corrected chi connectivity index (χ2v) is 5.55. The fourth-order valence-corrected chi connectivity index (χ4v) is 2.72. The Morgan fingerprint density at radius 1 is 1.17 bits per heavy atom. The molecule has 130 valence electrons. The molecule has 0 saturated heterocycles. The number of imide groups is 1. The highest BCUT2D eigenvalue weighted by molar-refractivity contribution is 6.35. The van der Waals surface area contributed by atoms with Crippen molar-refractivity contribution in [3.63, 3.8) is 0 Å². The van der Waals surface area contributed by atoms with E-state index in [1.165, 1.54) is 4.90 Å². The molecule has 1 aliphatic heterocycles. The number of likely N-dealkylation sites (N-methyl/N-ethyl adjacent to an activating group) is 1. The maximum atomic E-state index is 12.8. The number of carbonyl (C=O) groups is 2. The molecule has 1 aromatic carbocycles. The molecule has 1 aliphatic rings. The zero-order valence-electron chi connectivity index (χ0n) is 14.2. The molecule has 0 bridgehead atoms. The van der Waals surface area contributed by atoms with Gasteiger partial charge in [0, 0.05) is 33.4 Å². The molecule has 0 radical (unpaired) electrons. The number of hydrogen-bond donors (Lipinski definition) is 1. The van der Waals surface area contributed by atoms with Crippen molar-refractivity contribution < 1.29 is 19.4 Å². The van der Waals surface area contributed by atoms with Gasteiger partial charge in [0.2, 0.25) is 0 Å². The summed E-state index contributed by atoms with van der Waals surface area (Å²) in [5.74, 6) is -0.603. The van der Waals surface area contributed by atoms with Gasteiger partial charge in [0.25, 0.3) is 11.8 Å². The molecule has 2 rings (SSSR count). The first-order chi connectivity index (χ1) is 11.6. The topological polar surface area (TPSA) is 70.1 Å². The van der Waals surface area contributed by atoms with Gasteiger partial charge in [0.1, 0.15) is 5.70 Å². The normalized spacial score (nSPS) is 14.7. The van der Waals surface area contributed by atoms with Crippen LogP contribution >= 0.6 is 0 Å². The quantitative estimate of drug-likeness (QED) is 0.542. The van der Waals surface area contributed by atoms with Crippen molar-refractivity contribution in [3.8, 4) is 0 Å². The van der Waals surface area contributed by atoms with E-state index in [0.717, 1.165) is 0 Å². The minimum atomic E-state index is -0.314. The third-order valence-electron chi connectivity index (χ3n) is 3.90. The number of carbonyl (C=O) groups excluding carboxylic acids is 2. The van der Waals surface area contributed by atoms with Crippen molar-refractivity contribution in [2.24, 2.45) is 0 Å². The van der Waals surface area contributed by atoms with Gasteiger partial charge in [-0.1, -0.05) is 30.3 Å². The Kier molecular flexibility index (Phi) is 6.52. The van der Waals surface area contributed by atoms with Crippen LogP contribution in [0.25, 0.3) is 5.57 Å². The van der Waals surface area contributed by atoms with E-state index in [2.05, 4.69) is 0 Å². The van der Waals surface area contributed by atoms with E-state index in [-0.39, 0.29) is 25.0 Å². The summed E-state index contributed by atoms with van der Waals surface area (Å²) < 4.78 is 5.28. The summed E-state index contributed by atoms with van der Waals surface area (Å²) >= 11 is 0. The second-order valence-electron chi connectivity index (χ2n) is 5.55. The van der Waals surface area contributed by atoms with Crippen molar-refractivity contribution in [2.75, 3.05) is 40.0 Å². The predicted octanol–water partition coefficient (Wildman–Crippen LogP) is 1.12. The average molecular weight is 332 g/mol. The maximum absolute atomic E-state index is 12.8. The van der Waals surface area contributed by atoms with E-state index in [9.17, 15) is 14.7 Å². The summed E-state index contributed by atoms with van der Waals surface area (Å²) in [6.07, 6.45) is 0.602. The van der Waals surface area contributed by atoms with Crippen molar-refractivity contribution in [1.29, 1.82) is 0 Å². The van der Waals surface area contributed by atoms with Gasteiger partial charge in [-0.15, -0.1) is 0 Å². The molecule has 1 aromatic rings. The number of amides is 2. The largest absolute Gasteiger partial charge is 0.395 e. The van der Waals surface area contributed by atoms with E-state index in [0.29, 0.717) is 43.0 Å². The number of aliphatic hydroxyl groups excluding tert-OH is 1. The zero-order valence-corrected chi connectivity index (χ0v) is 14.2. The molecule has 0 saturated carbocycles. The summed E-state index contributed by atoms with van der Waals surface area (Å²) in [5.41, 5.74) is 1.45. The summed E-state index contributed by atoms with van der Waals surface area (Å²) in [4.78, 5) is 28.5. The Morgan fingerprint density at radius 2 is 1.88 bits per heavy atom. The number of nitrogens with zero attached hydrogens (tertiary/aromatic N) is 2. The van der Waals surface area contributed by atoms with Crippen LogP contribution in [0.2, 0.25) is 0 Å². The van der Waals surface area contributed by atoms with E-state index < -0.39 is 0 Å². The Hall–Kier alpha value is -2.18. The molecule has 24 heavy (non-hydrogen) atoms. The van der Waals surface area contributed by atoms with Crippen LogP contribution in [-0.2, 0) is 14.3 Å². The Morgan fingerprint density at radius 3 is 2.50 bits per heavy atom. The van der Waals surface area contributed by atoms with Gasteiger partial charge in [0.15, 0.2) is 0 Å². The lowest BCUT2D eigenvalue weighted by molar-refractivity contribution is -0.137. The second kappa shape index (κ2) is 8.61. The van der Waals surface area contributed by atoms with Crippen LogP contribution in [0.4, 0.5) is 0 Å². The Labute approximate surface area is 142 Å². The van der Waals surface area contributed by atoms with Crippen LogP contribution in [0.3, 0.4) is 0 Å². The van der Waals surface area contributed by atoms with Gasteiger partial charge >= 0.3 is 0 Å². The fourth-order valence-electron chi connectivity index (χ4n) is 2.72. The highest BCUT2D eigenvalue weighted by atomic mass is 16.5. The maximum Gasteiger partial charge on any atom is 0.277 e. The van der Waals surface area contributed by atoms with Gasteiger partial charge in [0.05, 0.1) is 12.2 Å². The Bertz CT molecular complexity index is 613. The molecular formula is C18H24N2O4. The monoisotopic (exact) mass is 332 g/mol. The summed E-state index contributed by atoms with van der Waals surface area (Å²) in [6.45, 7) is 3.55. The third kappa shape index (κ3) is 3.83. The Balaban J connectivity index is 2.29. The minimum Gasteiger partial charge on any atom is -0.395 e. The van der Waals surface area contributed by atoms with E-state index >= 15 is 0 Å². The summed E-state index contributed by atoms with van der Waals surface area (Å²) in [7, 11) is 1.71. The fraction of sp³-hybridized carbons (Fsp3) is 0.444. The molecular weight excluding hydrogens is 308 g/mol. The molecule has 0 fully saturated rings. The number of rotatable bonds is 9. The van der Waals surface area contributed by atoms with Crippen LogP contribution in [0.1, 0.15) is 18.9 Å². The van der Waals surface area contributed by atoms with Gasteiger partial charge in [-0.3, -0.25) is 14.5 Å². The van der Waals surface area contributed by atoms with Crippen molar-refractivity contribution in [2.45, 2.75) is 13.3 Å². The molecule has 0 atom stereocenters. The molecule has 0 aromatic heterocycles. The minimum absolute atomic E-state index is 0.0894. The molecule has 0 unspecified atom stereocenters. The smallest absolute Gasteiger partial charge is 0.277 e. The first kappa shape index (κ1) is 18.2. The van der Waals surface area contributed by atoms with Gasteiger partial charge in [-0.05, 0) is 18.9 Å². The lowest BCUT2D eigenvalue weighted by atomic mass is 10.0. The van der Waals surface area contributed by atoms with Crippen LogP contribution in [-0.4, -0.2) is 66.7 Å². The first-order valence-corrected chi connectivity index (χ1v) is 8.17. The zero-order chi connectivity index (χ0) is 17.5. The van der Waals surface area contributed by atoms with Crippen LogP contribution < -0.4 is 0 Å². The van der Waals surface area contributed by atoms with Crippen molar-refractivity contribution >= 4 is 17.4 Å². The number of aliphatic hydroxyl groups is 1. The van der Waals surface area contributed by atoms with Crippen LogP contribution in [0, 0.1) is 0 Å². The first-order valence-electron chi connectivity index (χ1n) is 8.17. The number of ether oxygens (including phenoxy) is 1. The number of benzene rings is 1. The molecule has 6 heteroatoms. The summed E-state index contributed by atoms with van der Waals surface area (Å²) in [5, 5.41) is 9.18. The summed E-state index contributed by atoms with van der Waals surface area (Å²) in [6, 6.07) is 9.17. The molecule has 1 N–H and O–H groups in total. The molecule has 6 nitrogen and oxygen atoms in total. The lowest BCUT2D eigenvalue weighted by Gasteiger charge is -2.20. The van der Waals surface area contributed by atoms with Gasteiger partial charge < -0.3 is 14.7 Å². The third-order valence-corrected chi connectivity index (χ3v) is 3.90. The van der Waals surface area contributed by atoms with Crippen molar-refractivity contribution in [1.82, 2.24) is 9.80 Å². The van der Waals surface area contributed by atoms with Crippen molar-refractivity contribution in [3.05, 3.63) is 41.6 Å². The van der Waals surface area contributed by atoms with Crippen LogP contribution in [0.5, 0.6) is 0 Å². The van der Waals surface area contributed by atoms with Gasteiger partial charge in [-0.25, -0.2) is 0 Å². The molecule has 1 heterocycles. The van der Waals surface area contributed by atoms with Gasteiger partial charge in [-0.2, -0.15) is 0 Å².